The molecule has 7 nitrogen and oxygen atoms in total. The summed E-state index contributed by atoms with van der Waals surface area (Å²) in [5.74, 6) is 0. The van der Waals surface area contributed by atoms with Gasteiger partial charge in [0.1, 0.15) is 11.7 Å². The summed E-state index contributed by atoms with van der Waals surface area (Å²) in [7, 11) is 0. The Labute approximate surface area is 160 Å². The third-order valence-electron chi connectivity index (χ3n) is 4.99. The second kappa shape index (κ2) is 7.76. The molecule has 27 heavy (non-hydrogen) atoms. The van der Waals surface area contributed by atoms with E-state index < -0.39 is 29.4 Å². The summed E-state index contributed by atoms with van der Waals surface area (Å²) in [5, 5.41) is 23.0. The summed E-state index contributed by atoms with van der Waals surface area (Å²) in [6.07, 6.45) is -1.08. The molecular weight excluding hydrogens is 348 g/mol. The highest BCUT2D eigenvalue weighted by Gasteiger charge is 2.45. The van der Waals surface area contributed by atoms with Crippen molar-refractivity contribution in [1.29, 1.82) is 0 Å². The smallest absolute Gasteiger partial charge is 0.408 e. The van der Waals surface area contributed by atoms with Crippen LogP contribution in [-0.4, -0.2) is 45.0 Å². The van der Waals surface area contributed by atoms with E-state index in [2.05, 4.69) is 5.32 Å². The number of hydrogen-bond donors (Lipinski definition) is 3. The van der Waals surface area contributed by atoms with Gasteiger partial charge in [-0.25, -0.2) is 9.59 Å². The Kier molecular flexibility index (Phi) is 6.04. The van der Waals surface area contributed by atoms with Gasteiger partial charge in [-0.05, 0) is 58.6 Å². The van der Waals surface area contributed by atoms with Crippen molar-refractivity contribution in [3.05, 3.63) is 35.4 Å². The Morgan fingerprint density at radius 3 is 2.30 bits per heavy atom. The Balaban J connectivity index is 2.08. The van der Waals surface area contributed by atoms with Gasteiger partial charge in [0.15, 0.2) is 0 Å². The molecule has 0 aromatic heterocycles. The number of carbonyl (C=O) groups excluding carboxylic acids is 1. The van der Waals surface area contributed by atoms with E-state index in [9.17, 15) is 19.8 Å². The van der Waals surface area contributed by atoms with Crippen LogP contribution in [0.2, 0.25) is 0 Å². The minimum absolute atomic E-state index is 0.261. The quantitative estimate of drug-likeness (QED) is 0.739. The van der Waals surface area contributed by atoms with Gasteiger partial charge in [-0.3, -0.25) is 0 Å². The topological polar surface area (TPSA) is 99.1 Å². The summed E-state index contributed by atoms with van der Waals surface area (Å²) in [4.78, 5) is 24.7. The molecule has 3 atom stereocenters. The highest BCUT2D eigenvalue weighted by atomic mass is 16.6. The molecule has 1 saturated heterocycles. The fourth-order valence-corrected chi connectivity index (χ4v) is 3.48. The number of aliphatic hydroxyl groups excluding tert-OH is 1. The molecule has 1 aliphatic rings. The Morgan fingerprint density at radius 1 is 1.22 bits per heavy atom. The number of carbonyl (C=O) groups is 2. The molecule has 3 N–H and O–H groups in total. The van der Waals surface area contributed by atoms with Crippen LogP contribution in [0.4, 0.5) is 9.59 Å². The first-order chi connectivity index (χ1) is 12.4. The van der Waals surface area contributed by atoms with Crippen molar-refractivity contribution in [2.45, 2.75) is 70.7 Å². The average Bonchev–Trinajstić information content (AvgIpc) is 2.95. The first-order valence-corrected chi connectivity index (χ1v) is 9.22. The van der Waals surface area contributed by atoms with E-state index in [1.807, 2.05) is 19.1 Å². The number of aliphatic hydroxyl groups is 1. The fourth-order valence-electron chi connectivity index (χ4n) is 3.48. The molecule has 7 heteroatoms. The van der Waals surface area contributed by atoms with Crippen LogP contribution in [-0.2, 0) is 4.74 Å². The number of hydrogen-bond acceptors (Lipinski definition) is 4. The Morgan fingerprint density at radius 2 is 1.78 bits per heavy atom. The Bertz CT molecular complexity index is 683. The van der Waals surface area contributed by atoms with Crippen LogP contribution in [0.15, 0.2) is 24.3 Å². The van der Waals surface area contributed by atoms with Crippen molar-refractivity contribution in [2.75, 3.05) is 6.54 Å². The molecule has 1 aromatic rings. The monoisotopic (exact) mass is 378 g/mol. The summed E-state index contributed by atoms with van der Waals surface area (Å²) in [6.45, 7) is 9.46. The second-order valence-corrected chi connectivity index (χ2v) is 8.33. The first-order valence-electron chi connectivity index (χ1n) is 9.22. The van der Waals surface area contributed by atoms with Crippen LogP contribution in [0, 0.1) is 0 Å². The van der Waals surface area contributed by atoms with Gasteiger partial charge in [0.05, 0.1) is 11.6 Å². The Hall–Kier alpha value is -2.28. The van der Waals surface area contributed by atoms with Crippen LogP contribution in [0.1, 0.15) is 70.7 Å². The zero-order valence-electron chi connectivity index (χ0n) is 16.7. The van der Waals surface area contributed by atoms with Crippen molar-refractivity contribution in [1.82, 2.24) is 10.2 Å². The highest BCUT2D eigenvalue weighted by Crippen LogP contribution is 2.39. The molecule has 1 unspecified atom stereocenters. The van der Waals surface area contributed by atoms with Crippen molar-refractivity contribution in [2.24, 2.45) is 0 Å². The molecule has 1 heterocycles. The standard InChI is InChI=1S/C20H30N2O5/c1-13(21-17(24)27-19(2,3)4)14-7-9-15(10-8-14)16(23)20(5)11-6-12-22(20)18(25)26/h7-10,13,16,23H,6,11-12H2,1-5H3,(H,21,24)(H,25,26)/t13-,16?,20+/m0/s1. The van der Waals surface area contributed by atoms with Crippen LogP contribution in [0.5, 0.6) is 0 Å². The van der Waals surface area contributed by atoms with Gasteiger partial charge >= 0.3 is 12.2 Å². The van der Waals surface area contributed by atoms with Gasteiger partial charge in [-0.2, -0.15) is 0 Å². The van der Waals surface area contributed by atoms with Crippen molar-refractivity contribution >= 4 is 12.2 Å². The molecule has 2 amide bonds. The minimum atomic E-state index is -1.01. The maximum absolute atomic E-state index is 11.9. The second-order valence-electron chi connectivity index (χ2n) is 8.33. The van der Waals surface area contributed by atoms with E-state index in [4.69, 9.17) is 4.74 Å². The van der Waals surface area contributed by atoms with Crippen LogP contribution in [0.3, 0.4) is 0 Å². The molecule has 1 fully saturated rings. The molecule has 150 valence electrons. The summed E-state index contributed by atoms with van der Waals surface area (Å²) >= 11 is 0. The van der Waals surface area contributed by atoms with E-state index in [1.54, 1.807) is 39.8 Å². The van der Waals surface area contributed by atoms with Gasteiger partial charge in [0.25, 0.3) is 0 Å². The molecule has 0 saturated carbocycles. The third-order valence-corrected chi connectivity index (χ3v) is 4.99. The van der Waals surface area contributed by atoms with Crippen LogP contribution >= 0.6 is 0 Å². The van der Waals surface area contributed by atoms with Gasteiger partial charge in [-0.15, -0.1) is 0 Å². The van der Waals surface area contributed by atoms with E-state index >= 15 is 0 Å². The van der Waals surface area contributed by atoms with E-state index in [0.717, 1.165) is 12.0 Å². The zero-order valence-corrected chi connectivity index (χ0v) is 16.7. The number of benzene rings is 1. The molecule has 0 radical (unpaired) electrons. The van der Waals surface area contributed by atoms with Gasteiger partial charge in [-0.1, -0.05) is 24.3 Å². The molecular formula is C20H30N2O5. The third kappa shape index (κ3) is 4.91. The predicted molar refractivity (Wildman–Crippen MR) is 102 cm³/mol. The molecule has 1 aliphatic heterocycles. The largest absolute Gasteiger partial charge is 0.465 e. The number of rotatable bonds is 4. The normalized spacial score (nSPS) is 22.2. The van der Waals surface area contributed by atoms with Gasteiger partial charge < -0.3 is 25.2 Å². The average molecular weight is 378 g/mol. The van der Waals surface area contributed by atoms with Crippen LogP contribution < -0.4 is 5.32 Å². The molecule has 0 aliphatic carbocycles. The zero-order chi connectivity index (χ0) is 20.4. The lowest BCUT2D eigenvalue weighted by Gasteiger charge is -2.37. The van der Waals surface area contributed by atoms with E-state index in [0.29, 0.717) is 18.5 Å². The predicted octanol–water partition coefficient (Wildman–Crippen LogP) is 3.84. The number of likely N-dealkylation sites (tertiary alicyclic amines) is 1. The molecule has 0 bridgehead atoms. The first kappa shape index (κ1) is 21.0. The summed E-state index contributed by atoms with van der Waals surface area (Å²) in [5.41, 5.74) is 0.112. The van der Waals surface area contributed by atoms with E-state index in [1.165, 1.54) is 4.90 Å². The molecule has 0 spiro atoms. The lowest BCUT2D eigenvalue weighted by atomic mass is 9.86. The SMILES string of the molecule is C[C@H](NC(=O)OC(C)(C)C)c1ccc(C(O)[C@@]2(C)CCCN2C(=O)O)cc1. The minimum Gasteiger partial charge on any atom is -0.465 e. The lowest BCUT2D eigenvalue weighted by molar-refractivity contribution is 0.00873. The number of ether oxygens (including phenoxy) is 1. The van der Waals surface area contributed by atoms with Crippen LogP contribution in [0.25, 0.3) is 0 Å². The number of nitrogens with zero attached hydrogens (tertiary/aromatic N) is 1. The maximum atomic E-state index is 11.9. The van der Waals surface area contributed by atoms with Gasteiger partial charge in [0, 0.05) is 6.54 Å². The maximum Gasteiger partial charge on any atom is 0.408 e. The number of nitrogens with one attached hydrogen (secondary N) is 1. The van der Waals surface area contributed by atoms with Crippen molar-refractivity contribution < 1.29 is 24.5 Å². The number of carboxylic acid groups (broad SMARTS) is 1. The highest BCUT2D eigenvalue weighted by molar-refractivity contribution is 5.68. The summed E-state index contributed by atoms with van der Waals surface area (Å²) < 4.78 is 5.26. The fraction of sp³-hybridized carbons (Fsp3) is 0.600. The number of amides is 2. The number of alkyl carbamates (subject to hydrolysis) is 1. The van der Waals surface area contributed by atoms with Gasteiger partial charge in [0.2, 0.25) is 0 Å². The van der Waals surface area contributed by atoms with Crippen molar-refractivity contribution in [3.8, 4) is 0 Å². The lowest BCUT2D eigenvalue weighted by Crippen LogP contribution is -2.48. The molecule has 2 rings (SSSR count). The summed E-state index contributed by atoms with van der Waals surface area (Å²) in [6, 6.07) is 6.94. The molecule has 1 aromatic carbocycles. The van der Waals surface area contributed by atoms with Crippen molar-refractivity contribution in [3.63, 3.8) is 0 Å². The van der Waals surface area contributed by atoms with E-state index in [-0.39, 0.29) is 6.04 Å².